The zero-order valence-electron chi connectivity index (χ0n) is 18.6. The molecule has 2 aromatic rings. The number of fused-ring (bicyclic) bond motifs is 1. The van der Waals surface area contributed by atoms with Gasteiger partial charge in [0.15, 0.2) is 0 Å². The average Bonchev–Trinajstić information content (AvgIpc) is 3.43. The van der Waals surface area contributed by atoms with Crippen LogP contribution in [-0.4, -0.2) is 52.6 Å². The Kier molecular flexibility index (Phi) is 5.61. The summed E-state index contributed by atoms with van der Waals surface area (Å²) < 4.78 is 39.2. The molecule has 0 radical (unpaired) electrons. The molecule has 0 bridgehead atoms. The Bertz CT molecular complexity index is 1240. The summed E-state index contributed by atoms with van der Waals surface area (Å²) in [4.78, 5) is 52.7. The molecule has 5 rings (SSSR count). The lowest BCUT2D eigenvalue weighted by Crippen LogP contribution is -2.52. The number of piperidine rings is 1. The van der Waals surface area contributed by atoms with Crippen LogP contribution in [0.1, 0.15) is 62.6 Å². The Morgan fingerprint density at radius 2 is 1.83 bits per heavy atom. The summed E-state index contributed by atoms with van der Waals surface area (Å²) in [5, 5.41) is 2.25. The molecule has 10 heteroatoms. The summed E-state index contributed by atoms with van der Waals surface area (Å²) in [7, 11) is 0. The van der Waals surface area contributed by atoms with Gasteiger partial charge in [-0.3, -0.25) is 24.5 Å². The predicted octanol–water partition coefficient (Wildman–Crippen LogP) is 3.10. The quantitative estimate of drug-likeness (QED) is 0.677. The highest BCUT2D eigenvalue weighted by Gasteiger charge is 2.39. The van der Waals surface area contributed by atoms with Gasteiger partial charge in [-0.15, -0.1) is 0 Å². The van der Waals surface area contributed by atoms with Crippen molar-refractivity contribution >= 4 is 23.6 Å². The molecule has 182 valence electrons. The molecule has 2 saturated heterocycles. The number of amides is 4. The number of carbonyl (C=O) groups excluding carboxylic acids is 4. The number of rotatable bonds is 3. The van der Waals surface area contributed by atoms with Crippen LogP contribution < -0.4 is 5.32 Å². The first kappa shape index (κ1) is 23.1. The summed E-state index contributed by atoms with van der Waals surface area (Å²) in [6, 6.07) is 9.24. The van der Waals surface area contributed by atoms with Crippen LogP contribution in [0.4, 0.5) is 13.2 Å². The van der Waals surface area contributed by atoms with Crippen LogP contribution in [0.2, 0.25) is 0 Å². The fraction of sp³-hybridized carbons (Fsp3) is 0.360. The third-order valence-corrected chi connectivity index (χ3v) is 6.93. The predicted molar refractivity (Wildman–Crippen MR) is 117 cm³/mol. The smallest absolute Gasteiger partial charge is 0.338 e. The van der Waals surface area contributed by atoms with Gasteiger partial charge in [0.1, 0.15) is 6.04 Å². The molecular formula is C25H22F3N3O4. The van der Waals surface area contributed by atoms with Crippen molar-refractivity contribution in [2.24, 2.45) is 0 Å². The number of alkyl halides is 3. The lowest BCUT2D eigenvalue weighted by molar-refractivity contribution is -0.138. The zero-order chi connectivity index (χ0) is 24.9. The van der Waals surface area contributed by atoms with Gasteiger partial charge in [0.2, 0.25) is 11.8 Å². The first-order valence-electron chi connectivity index (χ1n) is 11.4. The molecule has 2 atom stereocenters. The summed E-state index contributed by atoms with van der Waals surface area (Å²) in [6.07, 6.45) is -3.46. The van der Waals surface area contributed by atoms with E-state index in [1.165, 1.54) is 11.0 Å². The van der Waals surface area contributed by atoms with E-state index in [9.17, 15) is 32.3 Å². The van der Waals surface area contributed by atoms with Crippen LogP contribution in [0.3, 0.4) is 0 Å². The van der Waals surface area contributed by atoms with Crippen molar-refractivity contribution in [3.05, 3.63) is 70.3 Å². The molecular weight excluding hydrogens is 463 g/mol. The van der Waals surface area contributed by atoms with E-state index in [0.717, 1.165) is 12.1 Å². The second-order valence-corrected chi connectivity index (χ2v) is 9.13. The number of halogens is 3. The SMILES string of the molecule is O=C1CCC(N2Cc3cc(C(=O)N4CC[C@H](c5cccc(C(F)(F)F)c5)C4)ccc3C2=O)C(=O)N1. The van der Waals surface area contributed by atoms with Crippen molar-refractivity contribution in [1.29, 1.82) is 0 Å². The zero-order valence-corrected chi connectivity index (χ0v) is 18.6. The second-order valence-electron chi connectivity index (χ2n) is 9.13. The molecule has 0 spiro atoms. The minimum Gasteiger partial charge on any atom is -0.338 e. The lowest BCUT2D eigenvalue weighted by atomic mass is 9.96. The van der Waals surface area contributed by atoms with Gasteiger partial charge < -0.3 is 9.80 Å². The summed E-state index contributed by atoms with van der Waals surface area (Å²) in [5.74, 6) is -1.64. The van der Waals surface area contributed by atoms with Crippen molar-refractivity contribution in [3.63, 3.8) is 0 Å². The highest BCUT2D eigenvalue weighted by atomic mass is 19.4. The molecule has 1 N–H and O–H groups in total. The van der Waals surface area contributed by atoms with E-state index in [1.54, 1.807) is 29.2 Å². The average molecular weight is 485 g/mol. The van der Waals surface area contributed by atoms with E-state index < -0.39 is 23.7 Å². The van der Waals surface area contributed by atoms with E-state index in [0.29, 0.717) is 41.8 Å². The number of likely N-dealkylation sites (tertiary alicyclic amines) is 1. The highest BCUT2D eigenvalue weighted by Crippen LogP contribution is 2.34. The fourth-order valence-corrected chi connectivity index (χ4v) is 5.08. The summed E-state index contributed by atoms with van der Waals surface area (Å²) >= 11 is 0. The molecule has 0 aliphatic carbocycles. The van der Waals surface area contributed by atoms with Crippen molar-refractivity contribution in [1.82, 2.24) is 15.1 Å². The van der Waals surface area contributed by atoms with Gasteiger partial charge >= 0.3 is 6.18 Å². The Hall–Kier alpha value is -3.69. The van der Waals surface area contributed by atoms with E-state index in [4.69, 9.17) is 0 Å². The Morgan fingerprint density at radius 3 is 2.57 bits per heavy atom. The van der Waals surface area contributed by atoms with Crippen LogP contribution in [-0.2, 0) is 22.3 Å². The van der Waals surface area contributed by atoms with E-state index in [2.05, 4.69) is 5.32 Å². The van der Waals surface area contributed by atoms with Crippen LogP contribution in [0.15, 0.2) is 42.5 Å². The van der Waals surface area contributed by atoms with Crippen LogP contribution in [0, 0.1) is 0 Å². The first-order valence-corrected chi connectivity index (χ1v) is 11.4. The van der Waals surface area contributed by atoms with Crippen molar-refractivity contribution < 1.29 is 32.3 Å². The molecule has 4 amide bonds. The molecule has 3 aliphatic heterocycles. The number of imide groups is 1. The van der Waals surface area contributed by atoms with Crippen molar-refractivity contribution in [2.75, 3.05) is 13.1 Å². The fourth-order valence-electron chi connectivity index (χ4n) is 5.08. The van der Waals surface area contributed by atoms with Crippen molar-refractivity contribution in [2.45, 2.75) is 43.9 Å². The molecule has 0 aromatic heterocycles. The van der Waals surface area contributed by atoms with Gasteiger partial charge in [0.25, 0.3) is 11.8 Å². The van der Waals surface area contributed by atoms with E-state index in [1.807, 2.05) is 0 Å². The molecule has 2 fully saturated rings. The standard InChI is InChI=1S/C25H22F3N3O4/c26-25(27,28)18-3-1-2-14(11-18)16-8-9-30(12-16)23(34)15-4-5-19-17(10-15)13-31(24(19)35)20-6-7-21(32)29-22(20)33/h1-5,10-11,16,20H,6-9,12-13H2,(H,29,32,33)/t16-,20?/m0/s1. The topological polar surface area (TPSA) is 86.8 Å². The molecule has 1 unspecified atom stereocenters. The highest BCUT2D eigenvalue weighted by molar-refractivity contribution is 6.06. The maximum Gasteiger partial charge on any atom is 0.416 e. The molecule has 7 nitrogen and oxygen atoms in total. The van der Waals surface area contributed by atoms with E-state index >= 15 is 0 Å². The third kappa shape index (κ3) is 4.28. The van der Waals surface area contributed by atoms with Gasteiger partial charge in [0.05, 0.1) is 5.56 Å². The van der Waals surface area contributed by atoms with Crippen LogP contribution >= 0.6 is 0 Å². The Balaban J connectivity index is 1.29. The molecule has 3 aliphatic rings. The molecule has 2 aromatic carbocycles. The van der Waals surface area contributed by atoms with Gasteiger partial charge in [0, 0.05) is 43.1 Å². The van der Waals surface area contributed by atoms with Crippen LogP contribution in [0.5, 0.6) is 0 Å². The third-order valence-electron chi connectivity index (χ3n) is 6.93. The first-order chi connectivity index (χ1) is 16.6. The Morgan fingerprint density at radius 1 is 1.03 bits per heavy atom. The molecule has 3 heterocycles. The van der Waals surface area contributed by atoms with E-state index in [-0.39, 0.29) is 43.0 Å². The number of benzene rings is 2. The summed E-state index contributed by atoms with van der Waals surface area (Å²) in [6.45, 7) is 0.880. The van der Waals surface area contributed by atoms with Crippen LogP contribution in [0.25, 0.3) is 0 Å². The van der Waals surface area contributed by atoms with Gasteiger partial charge in [-0.2, -0.15) is 13.2 Å². The maximum atomic E-state index is 13.1. The second kappa shape index (κ2) is 8.51. The number of nitrogens with one attached hydrogen (secondary N) is 1. The number of hydrogen-bond acceptors (Lipinski definition) is 4. The monoisotopic (exact) mass is 485 g/mol. The minimum atomic E-state index is -4.42. The van der Waals surface area contributed by atoms with Gasteiger partial charge in [-0.1, -0.05) is 18.2 Å². The van der Waals surface area contributed by atoms with Gasteiger partial charge in [-0.05, 0) is 48.2 Å². The number of hydrogen-bond donors (Lipinski definition) is 1. The largest absolute Gasteiger partial charge is 0.416 e. The van der Waals surface area contributed by atoms with Crippen molar-refractivity contribution in [3.8, 4) is 0 Å². The molecule has 35 heavy (non-hydrogen) atoms. The lowest BCUT2D eigenvalue weighted by Gasteiger charge is -2.29. The van der Waals surface area contributed by atoms with Gasteiger partial charge in [-0.25, -0.2) is 0 Å². The normalized spacial score (nSPS) is 22.4. The number of carbonyl (C=O) groups is 4. The maximum absolute atomic E-state index is 13.1. The Labute approximate surface area is 198 Å². The molecule has 0 saturated carbocycles. The minimum absolute atomic E-state index is 0.155. The summed E-state index contributed by atoms with van der Waals surface area (Å²) in [5.41, 5.74) is 1.26. The number of nitrogens with zero attached hydrogens (tertiary/aromatic N) is 2.